The van der Waals surface area contributed by atoms with Crippen molar-refractivity contribution < 1.29 is 19.4 Å². The largest absolute Gasteiger partial charge is 0.489 e. The quantitative estimate of drug-likeness (QED) is 0.275. The molecule has 3 aromatic rings. The highest BCUT2D eigenvalue weighted by molar-refractivity contribution is 9.10. The molecule has 4 rings (SSSR count). The summed E-state index contributed by atoms with van der Waals surface area (Å²) in [4.78, 5) is 26.6. The molecule has 8 heteroatoms. The fraction of sp³-hybridized carbons (Fsp3) is 0.115. The molecule has 34 heavy (non-hydrogen) atoms. The molecule has 3 aromatic carbocycles. The van der Waals surface area contributed by atoms with E-state index in [0.29, 0.717) is 17.3 Å². The van der Waals surface area contributed by atoms with Gasteiger partial charge in [-0.05, 0) is 47.0 Å². The number of ether oxygens (including phenoxy) is 1. The fourth-order valence-electron chi connectivity index (χ4n) is 3.48. The second-order valence-electron chi connectivity index (χ2n) is 7.58. The monoisotopic (exact) mass is 553 g/mol. The number of thiocarbonyl (C=S) groups is 1. The van der Waals surface area contributed by atoms with Crippen LogP contribution < -0.4 is 4.74 Å². The molecule has 1 N–H and O–H groups in total. The summed E-state index contributed by atoms with van der Waals surface area (Å²) in [6, 6.07) is 23.4. The Morgan fingerprint density at radius 2 is 1.76 bits per heavy atom. The van der Waals surface area contributed by atoms with Crippen molar-refractivity contribution in [3.05, 3.63) is 105 Å². The van der Waals surface area contributed by atoms with Crippen LogP contribution in [0.1, 0.15) is 16.7 Å². The summed E-state index contributed by atoms with van der Waals surface area (Å²) in [5.41, 5.74) is 2.67. The summed E-state index contributed by atoms with van der Waals surface area (Å²) in [6.45, 7) is 0.440. The molecule has 0 spiro atoms. The van der Waals surface area contributed by atoms with E-state index in [1.165, 1.54) is 4.90 Å². The van der Waals surface area contributed by atoms with Crippen LogP contribution in [0, 0.1) is 0 Å². The van der Waals surface area contributed by atoms with Gasteiger partial charge in [0.2, 0.25) is 0 Å². The number of rotatable bonds is 8. The molecule has 172 valence electrons. The molecule has 0 saturated carbocycles. The first kappa shape index (κ1) is 24.2. The lowest BCUT2D eigenvalue weighted by molar-refractivity contribution is -0.145. The van der Waals surface area contributed by atoms with E-state index in [9.17, 15) is 14.7 Å². The number of thioether (sulfide) groups is 1. The molecule has 1 saturated heterocycles. The van der Waals surface area contributed by atoms with Crippen LogP contribution in [-0.2, 0) is 22.6 Å². The Hall–Kier alpha value is -2.94. The first-order valence-corrected chi connectivity index (χ1v) is 12.4. The minimum absolute atomic E-state index is 0.180. The summed E-state index contributed by atoms with van der Waals surface area (Å²) >= 11 is 9.94. The fourth-order valence-corrected chi connectivity index (χ4v) is 5.28. The van der Waals surface area contributed by atoms with E-state index in [0.717, 1.165) is 32.9 Å². The van der Waals surface area contributed by atoms with Gasteiger partial charge in [0, 0.05) is 10.9 Å². The summed E-state index contributed by atoms with van der Waals surface area (Å²) in [7, 11) is 0. The number of hydrogen-bond acceptors (Lipinski definition) is 5. The molecule has 0 aromatic heterocycles. The maximum absolute atomic E-state index is 13.1. The van der Waals surface area contributed by atoms with Crippen LogP contribution in [0.5, 0.6) is 5.75 Å². The zero-order valence-corrected chi connectivity index (χ0v) is 21.1. The normalized spacial score (nSPS) is 15.6. The van der Waals surface area contributed by atoms with Gasteiger partial charge in [-0.2, -0.15) is 0 Å². The molecule has 1 fully saturated rings. The third kappa shape index (κ3) is 5.94. The van der Waals surface area contributed by atoms with Crippen molar-refractivity contribution in [2.45, 2.75) is 19.1 Å². The molecule has 1 amide bonds. The minimum Gasteiger partial charge on any atom is -0.489 e. The average Bonchev–Trinajstić information content (AvgIpc) is 3.10. The smallest absolute Gasteiger partial charge is 0.327 e. The Bertz CT molecular complexity index is 1250. The third-order valence-electron chi connectivity index (χ3n) is 5.16. The third-order valence-corrected chi connectivity index (χ3v) is 6.99. The second-order valence-corrected chi connectivity index (χ2v) is 10.2. The van der Waals surface area contributed by atoms with Crippen LogP contribution in [0.2, 0.25) is 0 Å². The Labute approximate surface area is 215 Å². The molecule has 0 radical (unpaired) electrons. The summed E-state index contributed by atoms with van der Waals surface area (Å²) < 4.78 is 7.07. The van der Waals surface area contributed by atoms with Gasteiger partial charge >= 0.3 is 5.97 Å². The summed E-state index contributed by atoms with van der Waals surface area (Å²) in [5, 5.41) is 9.79. The van der Waals surface area contributed by atoms with E-state index in [1.54, 1.807) is 6.08 Å². The van der Waals surface area contributed by atoms with E-state index in [1.807, 2.05) is 78.9 Å². The maximum Gasteiger partial charge on any atom is 0.327 e. The maximum atomic E-state index is 13.1. The molecule has 1 aliphatic rings. The van der Waals surface area contributed by atoms with Crippen LogP contribution in [-0.4, -0.2) is 32.2 Å². The van der Waals surface area contributed by atoms with Gasteiger partial charge in [0.25, 0.3) is 5.91 Å². The lowest BCUT2D eigenvalue weighted by Crippen LogP contribution is -2.45. The van der Waals surface area contributed by atoms with Gasteiger partial charge in [0.1, 0.15) is 22.7 Å². The Morgan fingerprint density at radius 3 is 2.44 bits per heavy atom. The number of carbonyl (C=O) groups excluding carboxylic acids is 1. The van der Waals surface area contributed by atoms with Crippen LogP contribution in [0.25, 0.3) is 6.08 Å². The van der Waals surface area contributed by atoms with Crippen LogP contribution in [0.15, 0.2) is 88.2 Å². The van der Waals surface area contributed by atoms with Gasteiger partial charge in [-0.15, -0.1) is 0 Å². The Balaban J connectivity index is 1.45. The Kier molecular flexibility index (Phi) is 7.82. The zero-order valence-electron chi connectivity index (χ0n) is 17.9. The molecular formula is C26H20BrNO4S2. The predicted octanol–water partition coefficient (Wildman–Crippen LogP) is 5.93. The highest BCUT2D eigenvalue weighted by atomic mass is 79.9. The molecule has 0 unspecified atom stereocenters. The number of carbonyl (C=O) groups is 2. The SMILES string of the molecule is O=C(O)[C@H](Cc1ccccc1)N1C(=O)/C(=C\c2ccc(OCc3cccc(Br)c3)cc2)SC1=S. The van der Waals surface area contributed by atoms with Gasteiger partial charge in [0.15, 0.2) is 0 Å². The first-order valence-electron chi connectivity index (χ1n) is 10.4. The van der Waals surface area contributed by atoms with E-state index in [2.05, 4.69) is 15.9 Å². The first-order chi connectivity index (χ1) is 16.4. The average molecular weight is 554 g/mol. The molecule has 0 aliphatic carbocycles. The van der Waals surface area contributed by atoms with Crippen LogP contribution in [0.3, 0.4) is 0 Å². The van der Waals surface area contributed by atoms with Gasteiger partial charge in [-0.3, -0.25) is 9.69 Å². The number of aliphatic carboxylic acids is 1. The van der Waals surface area contributed by atoms with Crippen LogP contribution in [0.4, 0.5) is 0 Å². The lowest BCUT2D eigenvalue weighted by atomic mass is 10.0. The number of nitrogens with zero attached hydrogens (tertiary/aromatic N) is 1. The van der Waals surface area contributed by atoms with Gasteiger partial charge < -0.3 is 9.84 Å². The van der Waals surface area contributed by atoms with Gasteiger partial charge in [-0.25, -0.2) is 4.79 Å². The lowest BCUT2D eigenvalue weighted by Gasteiger charge is -2.23. The summed E-state index contributed by atoms with van der Waals surface area (Å²) in [5.74, 6) is -0.778. The molecular weight excluding hydrogens is 534 g/mol. The van der Waals surface area contributed by atoms with Crippen molar-refractivity contribution >= 4 is 62.2 Å². The van der Waals surface area contributed by atoms with Crippen LogP contribution >= 0.6 is 39.9 Å². The molecule has 0 bridgehead atoms. The number of carboxylic acid groups (broad SMARTS) is 1. The van der Waals surface area contributed by atoms with Crippen molar-refractivity contribution in [3.8, 4) is 5.75 Å². The zero-order chi connectivity index (χ0) is 24.1. The van der Waals surface area contributed by atoms with Crippen molar-refractivity contribution in [2.75, 3.05) is 0 Å². The topological polar surface area (TPSA) is 66.8 Å². The highest BCUT2D eigenvalue weighted by Crippen LogP contribution is 2.35. The molecule has 5 nitrogen and oxygen atoms in total. The number of carboxylic acids is 1. The number of benzene rings is 3. The van der Waals surface area contributed by atoms with Crippen molar-refractivity contribution in [1.29, 1.82) is 0 Å². The van der Waals surface area contributed by atoms with Gasteiger partial charge in [-0.1, -0.05) is 94.5 Å². The molecule has 1 aliphatic heterocycles. The van der Waals surface area contributed by atoms with Crippen molar-refractivity contribution in [1.82, 2.24) is 4.90 Å². The van der Waals surface area contributed by atoms with E-state index in [-0.39, 0.29) is 10.7 Å². The summed E-state index contributed by atoms with van der Waals surface area (Å²) in [6.07, 6.45) is 1.90. The van der Waals surface area contributed by atoms with E-state index >= 15 is 0 Å². The number of amides is 1. The number of halogens is 1. The molecule has 1 heterocycles. The van der Waals surface area contributed by atoms with E-state index in [4.69, 9.17) is 17.0 Å². The van der Waals surface area contributed by atoms with E-state index < -0.39 is 17.9 Å². The standard InChI is InChI=1S/C26H20BrNO4S2/c27-20-8-4-7-19(13-20)16-32-21-11-9-18(10-12-21)15-23-24(29)28(26(33)34-23)22(25(30)31)14-17-5-2-1-3-6-17/h1-13,15,22H,14,16H2,(H,30,31)/b23-15+/t22-/m0/s1. The van der Waals surface area contributed by atoms with Crippen molar-refractivity contribution in [3.63, 3.8) is 0 Å². The van der Waals surface area contributed by atoms with Gasteiger partial charge in [0.05, 0.1) is 4.91 Å². The van der Waals surface area contributed by atoms with Crippen molar-refractivity contribution in [2.24, 2.45) is 0 Å². The highest BCUT2D eigenvalue weighted by Gasteiger charge is 2.40. The molecule has 1 atom stereocenters. The Morgan fingerprint density at radius 1 is 1.06 bits per heavy atom. The second kappa shape index (κ2) is 11.0. The minimum atomic E-state index is -1.09. The predicted molar refractivity (Wildman–Crippen MR) is 141 cm³/mol. The number of hydrogen-bond donors (Lipinski definition) is 1.